The van der Waals surface area contributed by atoms with Gasteiger partial charge in [0.1, 0.15) is 17.8 Å². The van der Waals surface area contributed by atoms with Gasteiger partial charge in [-0.05, 0) is 24.1 Å². The summed E-state index contributed by atoms with van der Waals surface area (Å²) in [5.41, 5.74) is 5.36. The lowest BCUT2D eigenvalue weighted by Crippen LogP contribution is -2.34. The van der Waals surface area contributed by atoms with Crippen molar-refractivity contribution >= 4 is 21.4 Å². The van der Waals surface area contributed by atoms with E-state index in [0.717, 1.165) is 12.1 Å². The third-order valence-corrected chi connectivity index (χ3v) is 5.15. The number of nitro benzene ring substituents is 1. The molecule has 0 aliphatic rings. The predicted molar refractivity (Wildman–Crippen MR) is 77.5 cm³/mol. The van der Waals surface area contributed by atoms with Gasteiger partial charge in [0, 0.05) is 19.2 Å². The quantitative estimate of drug-likeness (QED) is 0.368. The molecule has 1 atom stereocenters. The predicted octanol–water partition coefficient (Wildman–Crippen LogP) is 1.35. The molecule has 0 aliphatic heterocycles. The minimum absolute atomic E-state index is 0.0578. The van der Waals surface area contributed by atoms with Crippen LogP contribution in [0.5, 0.6) is 0 Å². The largest absolute Gasteiger partial charge is 0.386 e. The van der Waals surface area contributed by atoms with Crippen LogP contribution in [0.2, 0.25) is 0 Å². The molecule has 2 N–H and O–H groups in total. The highest BCUT2D eigenvalue weighted by molar-refractivity contribution is 7.92. The smallest absolute Gasteiger partial charge is 0.269 e. The van der Waals surface area contributed by atoms with Crippen LogP contribution in [-0.4, -0.2) is 31.5 Å². The Balaban J connectivity index is 3.22. The summed E-state index contributed by atoms with van der Waals surface area (Å²) in [6, 6.07) is 3.42. The number of halogens is 1. The maximum absolute atomic E-state index is 12.9. The minimum atomic E-state index is -3.74. The lowest BCUT2D eigenvalue weighted by atomic mass is 10.1. The van der Waals surface area contributed by atoms with Crippen LogP contribution >= 0.6 is 0 Å². The molecule has 0 bridgehead atoms. The van der Waals surface area contributed by atoms with E-state index in [4.69, 9.17) is 5.73 Å². The van der Waals surface area contributed by atoms with Gasteiger partial charge in [0.15, 0.2) is 9.84 Å². The SMILES string of the molecule is CN=C(N)C(C)S(=O)(=O)Cc1cc([N+](=O)[O-])ccc1CF. The first kappa shape index (κ1) is 17.0. The number of hydrogen-bond acceptors (Lipinski definition) is 5. The summed E-state index contributed by atoms with van der Waals surface area (Å²) in [5.74, 6) is -0.604. The van der Waals surface area contributed by atoms with E-state index in [1.807, 2.05) is 0 Å². The van der Waals surface area contributed by atoms with E-state index in [2.05, 4.69) is 4.99 Å². The first-order valence-corrected chi connectivity index (χ1v) is 7.70. The molecular weight excluding hydrogens is 301 g/mol. The Kier molecular flexibility index (Phi) is 5.36. The van der Waals surface area contributed by atoms with Crippen LogP contribution in [0.25, 0.3) is 0 Å². The van der Waals surface area contributed by atoms with Crippen LogP contribution in [0.15, 0.2) is 23.2 Å². The molecule has 0 radical (unpaired) electrons. The van der Waals surface area contributed by atoms with E-state index in [1.54, 1.807) is 0 Å². The van der Waals surface area contributed by atoms with Gasteiger partial charge in [-0.15, -0.1) is 0 Å². The summed E-state index contributed by atoms with van der Waals surface area (Å²) in [4.78, 5) is 13.7. The summed E-state index contributed by atoms with van der Waals surface area (Å²) < 4.78 is 37.3. The van der Waals surface area contributed by atoms with Crippen molar-refractivity contribution in [2.24, 2.45) is 10.7 Å². The number of nitro groups is 1. The zero-order valence-electron chi connectivity index (χ0n) is 11.6. The summed E-state index contributed by atoms with van der Waals surface area (Å²) in [6.07, 6.45) is 0. The molecule has 116 valence electrons. The first-order chi connectivity index (χ1) is 9.72. The number of alkyl halides is 1. The Bertz CT molecular complexity index is 673. The normalized spacial score (nSPS) is 14.0. The average molecular weight is 317 g/mol. The second-order valence-corrected chi connectivity index (χ2v) is 6.76. The number of hydrogen-bond donors (Lipinski definition) is 1. The van der Waals surface area contributed by atoms with E-state index in [-0.39, 0.29) is 22.6 Å². The molecule has 21 heavy (non-hydrogen) atoms. The fourth-order valence-electron chi connectivity index (χ4n) is 1.70. The zero-order valence-corrected chi connectivity index (χ0v) is 12.4. The fraction of sp³-hybridized carbons (Fsp3) is 0.417. The highest BCUT2D eigenvalue weighted by Gasteiger charge is 2.26. The van der Waals surface area contributed by atoms with Gasteiger partial charge < -0.3 is 5.73 Å². The van der Waals surface area contributed by atoms with Gasteiger partial charge in [-0.3, -0.25) is 15.1 Å². The first-order valence-electron chi connectivity index (χ1n) is 5.98. The molecule has 1 unspecified atom stereocenters. The minimum Gasteiger partial charge on any atom is -0.386 e. The van der Waals surface area contributed by atoms with Crippen LogP contribution in [-0.2, 0) is 22.3 Å². The van der Waals surface area contributed by atoms with Crippen LogP contribution in [0.3, 0.4) is 0 Å². The summed E-state index contributed by atoms with van der Waals surface area (Å²) in [5, 5.41) is 9.68. The van der Waals surface area contributed by atoms with E-state index in [1.165, 1.54) is 20.0 Å². The van der Waals surface area contributed by atoms with E-state index >= 15 is 0 Å². The molecular formula is C12H16FN3O4S. The number of nitrogens with two attached hydrogens (primary N) is 1. The number of non-ortho nitro benzene ring substituents is 1. The third kappa shape index (κ3) is 3.97. The van der Waals surface area contributed by atoms with Crippen molar-refractivity contribution in [1.82, 2.24) is 0 Å². The van der Waals surface area contributed by atoms with Gasteiger partial charge in [0.25, 0.3) is 5.69 Å². The van der Waals surface area contributed by atoms with Crippen LogP contribution in [0.4, 0.5) is 10.1 Å². The summed E-state index contributed by atoms with van der Waals surface area (Å²) in [7, 11) is -2.38. The van der Waals surface area contributed by atoms with Crippen molar-refractivity contribution in [2.45, 2.75) is 24.6 Å². The van der Waals surface area contributed by atoms with E-state index in [9.17, 15) is 22.9 Å². The van der Waals surface area contributed by atoms with Crippen LogP contribution in [0, 0.1) is 10.1 Å². The molecule has 0 saturated carbocycles. The molecule has 1 aromatic carbocycles. The Morgan fingerprint density at radius 2 is 2.10 bits per heavy atom. The van der Waals surface area contributed by atoms with Crippen molar-refractivity contribution < 1.29 is 17.7 Å². The Labute approximate surface area is 121 Å². The van der Waals surface area contributed by atoms with Crippen molar-refractivity contribution in [3.63, 3.8) is 0 Å². The number of amidine groups is 1. The maximum Gasteiger partial charge on any atom is 0.269 e. The van der Waals surface area contributed by atoms with E-state index < -0.39 is 32.4 Å². The monoisotopic (exact) mass is 317 g/mol. The maximum atomic E-state index is 12.9. The highest BCUT2D eigenvalue weighted by atomic mass is 32.2. The number of rotatable bonds is 6. The molecule has 0 fully saturated rings. The number of nitrogens with zero attached hydrogens (tertiary/aromatic N) is 2. The van der Waals surface area contributed by atoms with Crippen LogP contribution in [0.1, 0.15) is 18.1 Å². The zero-order chi connectivity index (χ0) is 16.2. The van der Waals surface area contributed by atoms with Crippen molar-refractivity contribution in [2.75, 3.05) is 7.05 Å². The second kappa shape index (κ2) is 6.61. The average Bonchev–Trinajstić information content (AvgIpc) is 2.44. The Morgan fingerprint density at radius 3 is 2.57 bits per heavy atom. The van der Waals surface area contributed by atoms with Gasteiger partial charge in [0.05, 0.1) is 10.7 Å². The summed E-state index contributed by atoms with van der Waals surface area (Å²) in [6.45, 7) is 0.457. The van der Waals surface area contributed by atoms with Gasteiger partial charge >= 0.3 is 0 Å². The molecule has 1 rings (SSSR count). The molecule has 0 saturated heterocycles. The van der Waals surface area contributed by atoms with Gasteiger partial charge in [-0.25, -0.2) is 12.8 Å². The standard InChI is InChI=1S/C12H16FN3O4S/c1-8(12(14)15-2)21(19,20)7-10-5-11(16(17)18)4-3-9(10)6-13/h3-5,8H,6-7H2,1-2H3,(H2,14,15). The topological polar surface area (TPSA) is 116 Å². The molecule has 1 aromatic rings. The second-order valence-electron chi connectivity index (χ2n) is 4.44. The van der Waals surface area contributed by atoms with Gasteiger partial charge in [0.2, 0.25) is 0 Å². The summed E-state index contributed by atoms with van der Waals surface area (Å²) >= 11 is 0. The van der Waals surface area contributed by atoms with Gasteiger partial charge in [-0.2, -0.15) is 0 Å². The van der Waals surface area contributed by atoms with E-state index in [0.29, 0.717) is 0 Å². The highest BCUT2D eigenvalue weighted by Crippen LogP contribution is 2.22. The fourth-order valence-corrected chi connectivity index (χ4v) is 3.12. The molecule has 7 nitrogen and oxygen atoms in total. The molecule has 0 spiro atoms. The van der Waals surface area contributed by atoms with Gasteiger partial charge in [-0.1, -0.05) is 0 Å². The lowest BCUT2D eigenvalue weighted by Gasteiger charge is -2.13. The molecule has 0 aromatic heterocycles. The molecule has 0 aliphatic carbocycles. The van der Waals surface area contributed by atoms with Crippen LogP contribution < -0.4 is 5.73 Å². The molecule has 0 heterocycles. The number of benzene rings is 1. The lowest BCUT2D eigenvalue weighted by molar-refractivity contribution is -0.384. The Morgan fingerprint density at radius 1 is 1.48 bits per heavy atom. The Hall–Kier alpha value is -2.03. The van der Waals surface area contributed by atoms with Crippen molar-refractivity contribution in [1.29, 1.82) is 0 Å². The number of sulfone groups is 1. The van der Waals surface area contributed by atoms with Crippen molar-refractivity contribution in [3.8, 4) is 0 Å². The third-order valence-electron chi connectivity index (χ3n) is 3.11. The molecule has 0 amide bonds. The van der Waals surface area contributed by atoms with Crippen molar-refractivity contribution in [3.05, 3.63) is 39.4 Å². The molecule has 9 heteroatoms. The number of aliphatic imine (C=N–C) groups is 1.